The topological polar surface area (TPSA) is 49.6 Å². The van der Waals surface area contributed by atoms with Crippen LogP contribution < -0.4 is 10.6 Å². The molecule has 1 unspecified atom stereocenters. The SMILES string of the molecule is CC1CCN(C(=O)N2c3ccc(N)cc3CC2C)CC1. The Morgan fingerprint density at radius 2 is 1.95 bits per heavy atom. The highest BCUT2D eigenvalue weighted by molar-refractivity contribution is 5.95. The van der Waals surface area contributed by atoms with Crippen LogP contribution in [0.15, 0.2) is 18.2 Å². The van der Waals surface area contributed by atoms with E-state index in [0.717, 1.165) is 49.6 Å². The van der Waals surface area contributed by atoms with Gasteiger partial charge in [0.25, 0.3) is 0 Å². The Kier molecular flexibility index (Phi) is 3.32. The lowest BCUT2D eigenvalue weighted by molar-refractivity contribution is 0.179. The number of hydrogen-bond acceptors (Lipinski definition) is 2. The Hall–Kier alpha value is -1.71. The zero-order valence-corrected chi connectivity index (χ0v) is 12.3. The van der Waals surface area contributed by atoms with Crippen molar-refractivity contribution in [3.8, 4) is 0 Å². The average molecular weight is 273 g/mol. The van der Waals surface area contributed by atoms with Crippen molar-refractivity contribution in [3.63, 3.8) is 0 Å². The minimum Gasteiger partial charge on any atom is -0.399 e. The van der Waals surface area contributed by atoms with E-state index in [1.807, 2.05) is 28.0 Å². The van der Waals surface area contributed by atoms with Crippen LogP contribution in [0, 0.1) is 5.92 Å². The molecule has 4 nitrogen and oxygen atoms in total. The van der Waals surface area contributed by atoms with Gasteiger partial charge in [0, 0.05) is 30.5 Å². The highest BCUT2D eigenvalue weighted by atomic mass is 16.2. The summed E-state index contributed by atoms with van der Waals surface area (Å²) in [6, 6.07) is 6.25. The number of benzene rings is 1. The predicted molar refractivity (Wildman–Crippen MR) is 81.9 cm³/mol. The van der Waals surface area contributed by atoms with E-state index in [1.165, 1.54) is 5.56 Å². The van der Waals surface area contributed by atoms with E-state index in [9.17, 15) is 4.79 Å². The molecule has 2 amide bonds. The third-order valence-electron chi connectivity index (χ3n) is 4.58. The maximum Gasteiger partial charge on any atom is 0.324 e. The number of nitrogen functional groups attached to an aromatic ring is 1. The van der Waals surface area contributed by atoms with Gasteiger partial charge in [-0.15, -0.1) is 0 Å². The third kappa shape index (κ3) is 2.23. The number of nitrogens with two attached hydrogens (primary N) is 1. The zero-order chi connectivity index (χ0) is 14.3. The molecule has 20 heavy (non-hydrogen) atoms. The third-order valence-corrected chi connectivity index (χ3v) is 4.58. The molecule has 108 valence electrons. The molecule has 0 spiro atoms. The Balaban J connectivity index is 1.82. The lowest BCUT2D eigenvalue weighted by Gasteiger charge is -2.35. The molecule has 2 heterocycles. The number of carbonyl (C=O) groups excluding carboxylic acids is 1. The summed E-state index contributed by atoms with van der Waals surface area (Å²) in [4.78, 5) is 16.7. The Morgan fingerprint density at radius 3 is 2.65 bits per heavy atom. The number of amides is 2. The minimum atomic E-state index is 0.160. The maximum absolute atomic E-state index is 12.8. The quantitative estimate of drug-likeness (QED) is 0.739. The van der Waals surface area contributed by atoms with Crippen LogP contribution in [0.25, 0.3) is 0 Å². The average Bonchev–Trinajstić information content (AvgIpc) is 2.73. The first-order valence-electron chi connectivity index (χ1n) is 7.53. The molecule has 3 rings (SSSR count). The minimum absolute atomic E-state index is 0.160. The second-order valence-electron chi connectivity index (χ2n) is 6.26. The van der Waals surface area contributed by atoms with Gasteiger partial charge < -0.3 is 10.6 Å². The van der Waals surface area contributed by atoms with Gasteiger partial charge in [-0.1, -0.05) is 6.92 Å². The van der Waals surface area contributed by atoms with Gasteiger partial charge in [-0.3, -0.25) is 4.90 Å². The summed E-state index contributed by atoms with van der Waals surface area (Å²) in [5.41, 5.74) is 8.85. The zero-order valence-electron chi connectivity index (χ0n) is 12.3. The highest BCUT2D eigenvalue weighted by Gasteiger charge is 2.34. The van der Waals surface area contributed by atoms with Crippen molar-refractivity contribution in [1.82, 2.24) is 4.90 Å². The van der Waals surface area contributed by atoms with Crippen LogP contribution in [0.5, 0.6) is 0 Å². The van der Waals surface area contributed by atoms with Crippen molar-refractivity contribution in [2.24, 2.45) is 5.92 Å². The second kappa shape index (κ2) is 5.00. The van der Waals surface area contributed by atoms with E-state index < -0.39 is 0 Å². The summed E-state index contributed by atoms with van der Waals surface area (Å²) >= 11 is 0. The van der Waals surface area contributed by atoms with Crippen molar-refractivity contribution in [2.45, 2.75) is 39.2 Å². The molecule has 1 aromatic rings. The molecule has 2 aliphatic rings. The van der Waals surface area contributed by atoms with Gasteiger partial charge >= 0.3 is 6.03 Å². The molecule has 2 N–H and O–H groups in total. The van der Waals surface area contributed by atoms with E-state index in [1.54, 1.807) is 0 Å². The number of urea groups is 1. The van der Waals surface area contributed by atoms with Gasteiger partial charge in [0.05, 0.1) is 0 Å². The lowest BCUT2D eigenvalue weighted by Crippen LogP contribution is -2.48. The fourth-order valence-corrected chi connectivity index (χ4v) is 3.29. The molecular formula is C16H23N3O. The van der Waals surface area contributed by atoms with E-state index in [4.69, 9.17) is 5.73 Å². The van der Waals surface area contributed by atoms with Gasteiger partial charge in [0.1, 0.15) is 0 Å². The van der Waals surface area contributed by atoms with Crippen LogP contribution in [0.1, 0.15) is 32.3 Å². The summed E-state index contributed by atoms with van der Waals surface area (Å²) in [6.45, 7) is 6.14. The molecule has 1 fully saturated rings. The molecule has 1 saturated heterocycles. The molecule has 1 aromatic carbocycles. The normalized spacial score (nSPS) is 23.0. The Labute approximate surface area is 120 Å². The summed E-state index contributed by atoms with van der Waals surface area (Å²) in [5, 5.41) is 0. The molecule has 2 aliphatic heterocycles. The summed E-state index contributed by atoms with van der Waals surface area (Å²) in [5.74, 6) is 0.738. The molecule has 0 saturated carbocycles. The van der Waals surface area contributed by atoms with Crippen LogP contribution >= 0.6 is 0 Å². The Bertz CT molecular complexity index is 520. The van der Waals surface area contributed by atoms with Gasteiger partial charge in [-0.25, -0.2) is 4.79 Å². The predicted octanol–water partition coefficient (Wildman–Crippen LogP) is 2.87. The lowest BCUT2D eigenvalue weighted by atomic mass is 9.99. The number of likely N-dealkylation sites (tertiary alicyclic amines) is 1. The van der Waals surface area contributed by atoms with Crippen LogP contribution in [0.4, 0.5) is 16.2 Å². The Morgan fingerprint density at radius 1 is 1.25 bits per heavy atom. The molecule has 0 aromatic heterocycles. The number of rotatable bonds is 0. The van der Waals surface area contributed by atoms with Gasteiger partial charge in [-0.05, 0) is 55.9 Å². The van der Waals surface area contributed by atoms with Crippen molar-refractivity contribution in [2.75, 3.05) is 23.7 Å². The smallest absolute Gasteiger partial charge is 0.324 e. The number of anilines is 2. The number of fused-ring (bicyclic) bond motifs is 1. The summed E-state index contributed by atoms with van der Waals surface area (Å²) < 4.78 is 0. The van der Waals surface area contributed by atoms with Crippen molar-refractivity contribution in [3.05, 3.63) is 23.8 Å². The van der Waals surface area contributed by atoms with E-state index in [0.29, 0.717) is 0 Å². The fraction of sp³-hybridized carbons (Fsp3) is 0.562. The molecule has 0 aliphatic carbocycles. The molecule has 0 radical (unpaired) electrons. The number of hydrogen-bond donors (Lipinski definition) is 1. The first-order valence-corrected chi connectivity index (χ1v) is 7.53. The van der Waals surface area contributed by atoms with E-state index in [-0.39, 0.29) is 12.1 Å². The van der Waals surface area contributed by atoms with Crippen LogP contribution in [0.2, 0.25) is 0 Å². The standard InChI is InChI=1S/C16H23N3O/c1-11-5-7-18(8-6-11)16(20)19-12(2)9-13-10-14(17)3-4-15(13)19/h3-4,10-12H,5-9,17H2,1-2H3. The van der Waals surface area contributed by atoms with Crippen molar-refractivity contribution >= 4 is 17.4 Å². The number of piperidine rings is 1. The molecule has 1 atom stereocenters. The van der Waals surface area contributed by atoms with Gasteiger partial charge in [0.15, 0.2) is 0 Å². The fourth-order valence-electron chi connectivity index (χ4n) is 3.29. The first kappa shape index (κ1) is 13.3. The second-order valence-corrected chi connectivity index (χ2v) is 6.26. The van der Waals surface area contributed by atoms with E-state index in [2.05, 4.69) is 13.8 Å². The molecule has 0 bridgehead atoms. The van der Waals surface area contributed by atoms with Crippen LogP contribution in [-0.2, 0) is 6.42 Å². The first-order chi connectivity index (χ1) is 9.56. The maximum atomic E-state index is 12.8. The number of nitrogens with zero attached hydrogens (tertiary/aromatic N) is 2. The van der Waals surface area contributed by atoms with Gasteiger partial charge in [-0.2, -0.15) is 0 Å². The molecular weight excluding hydrogens is 250 g/mol. The van der Waals surface area contributed by atoms with Crippen LogP contribution in [0.3, 0.4) is 0 Å². The number of carbonyl (C=O) groups is 1. The van der Waals surface area contributed by atoms with Crippen molar-refractivity contribution in [1.29, 1.82) is 0 Å². The summed E-state index contributed by atoms with van der Waals surface area (Å²) in [7, 11) is 0. The van der Waals surface area contributed by atoms with Crippen molar-refractivity contribution < 1.29 is 4.79 Å². The highest BCUT2D eigenvalue weighted by Crippen LogP contribution is 2.34. The largest absolute Gasteiger partial charge is 0.399 e. The monoisotopic (exact) mass is 273 g/mol. The molecule has 4 heteroatoms. The van der Waals surface area contributed by atoms with Crippen LogP contribution in [-0.4, -0.2) is 30.1 Å². The van der Waals surface area contributed by atoms with Gasteiger partial charge in [0.2, 0.25) is 0 Å². The summed E-state index contributed by atoms with van der Waals surface area (Å²) in [6.07, 6.45) is 3.13. The van der Waals surface area contributed by atoms with E-state index >= 15 is 0 Å².